The fourth-order valence-electron chi connectivity index (χ4n) is 5.98. The zero-order valence-electron chi connectivity index (χ0n) is 19.6. The molecule has 10 heteroatoms. The number of aliphatic hydroxyl groups is 1. The van der Waals surface area contributed by atoms with Crippen molar-refractivity contribution in [2.24, 2.45) is 11.8 Å². The number of amides is 3. The summed E-state index contributed by atoms with van der Waals surface area (Å²) >= 11 is 11.6. The molecule has 3 N–H and O–H groups in total. The average Bonchev–Trinajstić information content (AvgIpc) is 3.46. The average molecular weight is 593 g/mol. The third-order valence-electron chi connectivity index (χ3n) is 7.53. The van der Waals surface area contributed by atoms with Gasteiger partial charge in [-0.15, -0.1) is 11.8 Å². The van der Waals surface area contributed by atoms with Crippen LogP contribution in [-0.2, 0) is 14.4 Å². The molecule has 3 saturated heterocycles. The first kappa shape index (κ1) is 25.6. The Morgan fingerprint density at radius 1 is 1.17 bits per heavy atom. The summed E-state index contributed by atoms with van der Waals surface area (Å²) in [6.45, 7) is 1.61. The van der Waals surface area contributed by atoms with Crippen molar-refractivity contribution >= 4 is 68.4 Å². The number of hydrogen-bond donors (Lipinski definition) is 3. The lowest BCUT2D eigenvalue weighted by molar-refractivity contribution is -0.141. The molecule has 0 aromatic heterocycles. The van der Waals surface area contributed by atoms with E-state index in [2.05, 4.69) is 26.6 Å². The molecule has 0 aliphatic carbocycles. The van der Waals surface area contributed by atoms with Gasteiger partial charge in [0.2, 0.25) is 17.7 Å². The zero-order chi connectivity index (χ0) is 25.6. The highest BCUT2D eigenvalue weighted by atomic mass is 79.9. The Labute approximate surface area is 227 Å². The summed E-state index contributed by atoms with van der Waals surface area (Å²) in [4.78, 5) is 43.0. The number of nitrogens with zero attached hydrogens (tertiary/aromatic N) is 1. The molecule has 3 aliphatic heterocycles. The van der Waals surface area contributed by atoms with Gasteiger partial charge in [-0.3, -0.25) is 14.4 Å². The number of thioether (sulfide) groups is 1. The predicted molar refractivity (Wildman–Crippen MR) is 145 cm³/mol. The van der Waals surface area contributed by atoms with E-state index in [9.17, 15) is 19.5 Å². The van der Waals surface area contributed by atoms with E-state index in [1.807, 2.05) is 25.1 Å². The second-order valence-electron chi connectivity index (χ2n) is 9.48. The van der Waals surface area contributed by atoms with Crippen molar-refractivity contribution in [3.05, 3.63) is 59.6 Å². The number of rotatable bonds is 7. The third kappa shape index (κ3) is 4.04. The number of carbonyl (C=O) groups is 3. The number of nitrogens with one attached hydrogen (secondary N) is 2. The summed E-state index contributed by atoms with van der Waals surface area (Å²) < 4.78 is -0.803. The monoisotopic (exact) mass is 591 g/mol. The number of benzene rings is 2. The van der Waals surface area contributed by atoms with Gasteiger partial charge in [0.05, 0.1) is 39.9 Å². The zero-order valence-corrected chi connectivity index (χ0v) is 22.7. The molecule has 0 saturated carbocycles. The minimum absolute atomic E-state index is 0.0390. The molecule has 36 heavy (non-hydrogen) atoms. The maximum atomic E-state index is 14.0. The molecular weight excluding hydrogens is 566 g/mol. The van der Waals surface area contributed by atoms with E-state index >= 15 is 0 Å². The summed E-state index contributed by atoms with van der Waals surface area (Å²) in [6.07, 6.45) is 1.04. The molecule has 2 bridgehead atoms. The van der Waals surface area contributed by atoms with E-state index in [1.54, 1.807) is 48.2 Å². The Bertz CT molecular complexity index is 1180. The SMILES string of the molecule is CC[C@@H](CO)N1C(=O)[C@@H]2[C@H](C(=O)Nc3ccccc3)[C@H]3SC2(CC3Br)C1C(=O)Nc1ccccc1Cl. The molecule has 190 valence electrons. The van der Waals surface area contributed by atoms with Gasteiger partial charge in [-0.1, -0.05) is 64.8 Å². The summed E-state index contributed by atoms with van der Waals surface area (Å²) in [5.74, 6) is -2.13. The Balaban J connectivity index is 1.54. The lowest BCUT2D eigenvalue weighted by Crippen LogP contribution is -2.55. The van der Waals surface area contributed by atoms with Crippen LogP contribution in [0.5, 0.6) is 0 Å². The summed E-state index contributed by atoms with van der Waals surface area (Å²) in [5.41, 5.74) is 1.12. The molecule has 3 amide bonds. The van der Waals surface area contributed by atoms with Crippen molar-refractivity contribution in [1.82, 2.24) is 4.90 Å². The third-order valence-corrected chi connectivity index (χ3v) is 11.1. The number of likely N-dealkylation sites (tertiary alicyclic amines) is 1. The van der Waals surface area contributed by atoms with Gasteiger partial charge in [-0.25, -0.2) is 0 Å². The topological polar surface area (TPSA) is 98.7 Å². The van der Waals surface area contributed by atoms with Crippen molar-refractivity contribution in [2.75, 3.05) is 17.2 Å². The fraction of sp³-hybridized carbons (Fsp3) is 0.423. The number of alkyl halides is 1. The highest BCUT2D eigenvalue weighted by molar-refractivity contribution is 9.09. The van der Waals surface area contributed by atoms with E-state index in [0.29, 0.717) is 29.2 Å². The molecule has 3 unspecified atom stereocenters. The maximum absolute atomic E-state index is 14.0. The highest BCUT2D eigenvalue weighted by Gasteiger charge is 2.76. The van der Waals surface area contributed by atoms with Crippen LogP contribution in [0.4, 0.5) is 11.4 Å². The van der Waals surface area contributed by atoms with Crippen LogP contribution < -0.4 is 10.6 Å². The van der Waals surface area contributed by atoms with Crippen LogP contribution in [0.3, 0.4) is 0 Å². The summed E-state index contributed by atoms with van der Waals surface area (Å²) in [5, 5.41) is 16.3. The maximum Gasteiger partial charge on any atom is 0.248 e. The van der Waals surface area contributed by atoms with E-state index in [4.69, 9.17) is 11.6 Å². The summed E-state index contributed by atoms with van der Waals surface area (Å²) in [7, 11) is 0. The number of fused-ring (bicyclic) bond motifs is 1. The first-order valence-electron chi connectivity index (χ1n) is 12.0. The number of carbonyl (C=O) groups excluding carboxylic acids is 3. The number of aliphatic hydroxyl groups excluding tert-OH is 1. The molecule has 2 aromatic carbocycles. The van der Waals surface area contributed by atoms with E-state index in [-0.39, 0.29) is 34.4 Å². The standard InChI is InChI=1S/C26H27BrClN3O4S/c1-2-15(13-32)31-22(24(34)30-18-11-7-6-10-17(18)28)26-12-16(27)21(36-26)19(20(26)25(31)35)23(33)29-14-8-4-3-5-9-14/h3-11,15-16,19-22,32H,2,12-13H2,1H3,(H,29,33)(H,30,34)/t15-,16?,19-,20-,21-,22?,26?/m0/s1. The van der Waals surface area contributed by atoms with Crippen molar-refractivity contribution in [2.45, 2.75) is 46.7 Å². The summed E-state index contributed by atoms with van der Waals surface area (Å²) in [6, 6.07) is 14.7. The number of halogens is 2. The number of anilines is 2. The molecule has 3 aliphatic rings. The lowest BCUT2D eigenvalue weighted by atomic mass is 9.70. The molecule has 5 rings (SSSR count). The van der Waals surface area contributed by atoms with Gasteiger partial charge in [0.25, 0.3) is 0 Å². The van der Waals surface area contributed by atoms with Gasteiger partial charge in [-0.05, 0) is 37.1 Å². The number of hydrogen-bond acceptors (Lipinski definition) is 5. The van der Waals surface area contributed by atoms with Crippen LogP contribution in [0.25, 0.3) is 0 Å². The molecule has 2 aromatic rings. The van der Waals surface area contributed by atoms with Crippen LogP contribution in [0, 0.1) is 11.8 Å². The first-order valence-corrected chi connectivity index (χ1v) is 14.2. The van der Waals surface area contributed by atoms with Gasteiger partial charge in [0.1, 0.15) is 6.04 Å². The van der Waals surface area contributed by atoms with Crippen molar-refractivity contribution in [3.63, 3.8) is 0 Å². The first-order chi connectivity index (χ1) is 17.3. The van der Waals surface area contributed by atoms with Crippen LogP contribution in [0.2, 0.25) is 5.02 Å². The van der Waals surface area contributed by atoms with Crippen LogP contribution in [0.15, 0.2) is 54.6 Å². The van der Waals surface area contributed by atoms with Gasteiger partial charge < -0.3 is 20.6 Å². The predicted octanol–water partition coefficient (Wildman–Crippen LogP) is 4.15. The number of para-hydroxylation sites is 2. The van der Waals surface area contributed by atoms with Crippen molar-refractivity contribution < 1.29 is 19.5 Å². The van der Waals surface area contributed by atoms with Crippen molar-refractivity contribution in [1.29, 1.82) is 0 Å². The van der Waals surface area contributed by atoms with Crippen LogP contribution in [0.1, 0.15) is 19.8 Å². The Hall–Kier alpha value is -2.07. The second kappa shape index (κ2) is 10.0. The van der Waals surface area contributed by atoms with E-state index < -0.39 is 28.7 Å². The molecule has 3 heterocycles. The molecule has 7 atom stereocenters. The van der Waals surface area contributed by atoms with E-state index in [0.717, 1.165) is 0 Å². The van der Waals surface area contributed by atoms with Crippen molar-refractivity contribution in [3.8, 4) is 0 Å². The minimum atomic E-state index is -0.854. The van der Waals surface area contributed by atoms with Gasteiger partial charge in [-0.2, -0.15) is 0 Å². The van der Waals surface area contributed by atoms with Gasteiger partial charge >= 0.3 is 0 Å². The molecule has 7 nitrogen and oxygen atoms in total. The minimum Gasteiger partial charge on any atom is -0.394 e. The highest BCUT2D eigenvalue weighted by Crippen LogP contribution is 2.68. The quantitative estimate of drug-likeness (QED) is 0.420. The Kier molecular flexibility index (Phi) is 7.11. The smallest absolute Gasteiger partial charge is 0.248 e. The normalized spacial score (nSPS) is 31.3. The lowest BCUT2D eigenvalue weighted by Gasteiger charge is -2.37. The van der Waals surface area contributed by atoms with Crippen LogP contribution >= 0.6 is 39.3 Å². The fourth-order valence-corrected chi connectivity index (χ4v) is 9.77. The molecule has 1 spiro atoms. The second-order valence-corrected chi connectivity index (χ2v) is 12.6. The van der Waals surface area contributed by atoms with E-state index in [1.165, 1.54) is 4.90 Å². The Morgan fingerprint density at radius 3 is 2.53 bits per heavy atom. The molecular formula is C26H27BrClN3O4S. The van der Waals surface area contributed by atoms with Gasteiger partial charge in [0.15, 0.2) is 0 Å². The Morgan fingerprint density at radius 2 is 1.86 bits per heavy atom. The van der Waals surface area contributed by atoms with Gasteiger partial charge in [0, 0.05) is 15.8 Å². The molecule has 3 fully saturated rings. The molecule has 0 radical (unpaired) electrons. The van der Waals surface area contributed by atoms with Crippen LogP contribution in [-0.4, -0.2) is 61.2 Å². The largest absolute Gasteiger partial charge is 0.394 e.